The number of hydrogen-bond donors (Lipinski definition) is 7. The molecule has 8 N–H and O–H groups in total. The van der Waals surface area contributed by atoms with Crippen LogP contribution < -0.4 is 16.4 Å². The Morgan fingerprint density at radius 3 is 2.57 bits per heavy atom. The normalized spacial score (nSPS) is 28.0. The number of anilines is 1. The second-order valence-corrected chi connectivity index (χ2v) is 18.9. The number of carbonyl (C=O) groups excluding carboxylic acids is 1. The molecule has 4 aliphatic rings. The lowest BCUT2D eigenvalue weighted by molar-refractivity contribution is -0.0000945. The minimum Gasteiger partial charge on any atom is -0.508 e. The van der Waals surface area contributed by atoms with Crippen molar-refractivity contribution in [3.63, 3.8) is 0 Å². The summed E-state index contributed by atoms with van der Waals surface area (Å²) < 4.78 is 0. The Balaban J connectivity index is 1.36. The van der Waals surface area contributed by atoms with E-state index in [-0.39, 0.29) is 47.9 Å². The summed E-state index contributed by atoms with van der Waals surface area (Å²) in [5, 5.41) is 50.5. The summed E-state index contributed by atoms with van der Waals surface area (Å²) in [5.41, 5.74) is 7.89. The average Bonchev–Trinajstić information content (AvgIpc) is 3.96. The number of nitrogens with one attached hydrogen (secondary N) is 2. The lowest BCUT2D eigenvalue weighted by Gasteiger charge is -2.48. The molecule has 1 aromatic carbocycles. The molecule has 298 valence electrons. The van der Waals surface area contributed by atoms with E-state index < -0.39 is 23.0 Å². The third-order valence-electron chi connectivity index (χ3n) is 13.2. The maximum atomic E-state index is 15.0. The smallest absolute Gasteiger partial charge is 0.188 e. The largest absolute Gasteiger partial charge is 0.508 e. The van der Waals surface area contributed by atoms with Gasteiger partial charge >= 0.3 is 0 Å². The van der Waals surface area contributed by atoms with Gasteiger partial charge in [0.05, 0.1) is 39.8 Å². The van der Waals surface area contributed by atoms with E-state index in [0.29, 0.717) is 37.5 Å². The summed E-state index contributed by atoms with van der Waals surface area (Å²) in [6, 6.07) is 11.5. The number of carbonyl (C=O) groups is 1. The van der Waals surface area contributed by atoms with Gasteiger partial charge in [0, 0.05) is 46.8 Å². The van der Waals surface area contributed by atoms with E-state index in [1.54, 1.807) is 48.8 Å². The van der Waals surface area contributed by atoms with Gasteiger partial charge in [-0.05, 0) is 124 Å². The fourth-order valence-electron chi connectivity index (χ4n) is 10.7. The first-order chi connectivity index (χ1) is 27.0. The number of guanidine groups is 1. The van der Waals surface area contributed by atoms with Crippen LogP contribution in [-0.4, -0.2) is 70.6 Å². The number of rotatable bonds is 9. The summed E-state index contributed by atoms with van der Waals surface area (Å²) >= 11 is 3.19. The lowest BCUT2D eigenvalue weighted by atomic mass is 9.57. The van der Waals surface area contributed by atoms with Crippen molar-refractivity contribution >= 4 is 40.1 Å². The average molecular weight is 797 g/mol. The van der Waals surface area contributed by atoms with Crippen LogP contribution in [0.15, 0.2) is 41.4 Å². The monoisotopic (exact) mass is 796 g/mol. The van der Waals surface area contributed by atoms with E-state index in [1.807, 2.05) is 19.1 Å². The minimum absolute atomic E-state index is 0.0304. The first-order valence-electron chi connectivity index (χ1n) is 20.2. The number of aromatic hydroxyl groups is 1. The van der Waals surface area contributed by atoms with Crippen LogP contribution in [0.4, 0.5) is 5.69 Å². The highest BCUT2D eigenvalue weighted by Gasteiger charge is 2.60. The van der Waals surface area contributed by atoms with Crippen LogP contribution >= 0.6 is 22.7 Å². The number of nitrogens with two attached hydrogens (primary N) is 1. The van der Waals surface area contributed by atoms with Gasteiger partial charge in [0.25, 0.3) is 0 Å². The maximum Gasteiger partial charge on any atom is 0.188 e. The lowest BCUT2D eigenvalue weighted by Crippen LogP contribution is -2.50. The Morgan fingerprint density at radius 1 is 1.07 bits per heavy atom. The molecule has 2 spiro atoms. The van der Waals surface area contributed by atoms with Crippen LogP contribution in [0.2, 0.25) is 0 Å². The molecule has 0 radical (unpaired) electrons. The van der Waals surface area contributed by atoms with E-state index >= 15 is 4.79 Å². The number of benzene rings is 1. The first-order valence-corrected chi connectivity index (χ1v) is 21.9. The number of aliphatic hydroxyl groups is 3. The third kappa shape index (κ3) is 8.12. The van der Waals surface area contributed by atoms with Crippen molar-refractivity contribution in [1.29, 1.82) is 0 Å². The molecule has 3 saturated carbocycles. The van der Waals surface area contributed by atoms with E-state index in [1.165, 1.54) is 0 Å². The van der Waals surface area contributed by atoms with Gasteiger partial charge in [0.15, 0.2) is 11.7 Å². The number of aliphatic hydroxyl groups excluding tert-OH is 3. The molecule has 2 aromatic heterocycles. The number of aliphatic imine (C=N–C) groups is 1. The number of Topliss-reactive ketones (excluding diaryl/α,β-unsaturated/α-hetero) is 1. The quantitative estimate of drug-likeness (QED) is 0.0541. The molecule has 3 fully saturated rings. The molecule has 0 aliphatic heterocycles. The number of thiophene rings is 2. The molecule has 2 heterocycles. The molecule has 0 unspecified atom stereocenters. The molecular weight excluding hydrogens is 741 g/mol. The zero-order chi connectivity index (χ0) is 39.6. The highest BCUT2D eigenvalue weighted by molar-refractivity contribution is 7.23. The number of phenolic OH excluding ortho intramolecular Hbond substituents is 1. The van der Waals surface area contributed by atoms with Crippen molar-refractivity contribution in [3.8, 4) is 39.2 Å². The third-order valence-corrected chi connectivity index (χ3v) is 15.5. The predicted octanol–water partition coefficient (Wildman–Crippen LogP) is 6.77. The number of nitrogens with zero attached hydrogens (tertiary/aromatic N) is 1. The van der Waals surface area contributed by atoms with Crippen LogP contribution in [0.25, 0.3) is 9.75 Å². The van der Waals surface area contributed by atoms with Gasteiger partial charge < -0.3 is 36.8 Å². The summed E-state index contributed by atoms with van der Waals surface area (Å²) in [7, 11) is 1.66. The molecule has 4 aliphatic carbocycles. The second-order valence-electron chi connectivity index (χ2n) is 16.7. The fourth-order valence-corrected chi connectivity index (χ4v) is 12.7. The molecule has 0 amide bonds. The molecule has 11 heteroatoms. The Morgan fingerprint density at radius 2 is 1.84 bits per heavy atom. The highest BCUT2D eigenvalue weighted by Crippen LogP contribution is 2.65. The number of hydrogen-bond acceptors (Lipinski definition) is 9. The van der Waals surface area contributed by atoms with Crippen LogP contribution in [-0.2, 0) is 6.42 Å². The van der Waals surface area contributed by atoms with Crippen molar-refractivity contribution in [2.45, 2.75) is 103 Å². The molecule has 8 atom stereocenters. The van der Waals surface area contributed by atoms with E-state index in [9.17, 15) is 20.4 Å². The van der Waals surface area contributed by atoms with Gasteiger partial charge in [0.2, 0.25) is 0 Å². The summed E-state index contributed by atoms with van der Waals surface area (Å²) in [5.74, 6) is 13.8. The number of phenols is 1. The minimum atomic E-state index is -0.932. The topological polar surface area (TPSA) is 160 Å². The Hall–Kier alpha value is -3.84. The molecular formula is C45H56N4O5S2. The summed E-state index contributed by atoms with van der Waals surface area (Å²) in [4.78, 5) is 23.2. The van der Waals surface area contributed by atoms with Crippen molar-refractivity contribution in [3.05, 3.63) is 57.3 Å². The predicted molar refractivity (Wildman–Crippen MR) is 226 cm³/mol. The molecule has 0 saturated heterocycles. The van der Waals surface area contributed by atoms with Gasteiger partial charge in [0.1, 0.15) is 5.75 Å². The molecule has 56 heavy (non-hydrogen) atoms. The Bertz CT molecular complexity index is 2060. The van der Waals surface area contributed by atoms with Gasteiger partial charge in [-0.1, -0.05) is 37.0 Å². The molecule has 3 aromatic rings. The first kappa shape index (κ1) is 40.4. The van der Waals surface area contributed by atoms with E-state index in [2.05, 4.69) is 51.4 Å². The summed E-state index contributed by atoms with van der Waals surface area (Å²) in [6.45, 7) is 3.51. The summed E-state index contributed by atoms with van der Waals surface area (Å²) in [6.07, 6.45) is 7.50. The van der Waals surface area contributed by atoms with Gasteiger partial charge in [-0.2, -0.15) is 0 Å². The second kappa shape index (κ2) is 16.9. The zero-order valence-electron chi connectivity index (χ0n) is 32.7. The van der Waals surface area contributed by atoms with E-state index in [4.69, 9.17) is 5.73 Å². The van der Waals surface area contributed by atoms with Crippen LogP contribution in [0.1, 0.15) is 104 Å². The van der Waals surface area contributed by atoms with Crippen LogP contribution in [0, 0.1) is 58.2 Å². The van der Waals surface area contributed by atoms with Crippen molar-refractivity contribution < 1.29 is 25.2 Å². The molecule has 7 rings (SSSR count). The van der Waals surface area contributed by atoms with Crippen LogP contribution in [0.5, 0.6) is 5.75 Å². The SMILES string of the molecule is CC#Cc1ccc(-c2ccc(C(=O)[C@H]3CC[C@@H]4C[C@@]35C[C@@H]([C@H](O)CO)[C@@H](C5)C3(C#Cc5c(cc(O)cc5NC[C@H](C)O)C[C@H]4NC(N)=NC)CCCCC3)s2)s1. The standard InChI is InChI=1S/C45H56N4O5S2/c1-4-8-31-10-12-39(55-31)40-13-14-41(56-40)42(54)34-11-9-28-22-45(34)23-33(38(53)26-50)35(24-45)44(16-6-5-7-17-44)18-15-32-29(20-36(28)49-43(46)47-3)19-30(52)21-37(32)48-25-27(2)51/h10,12-14,19,21,27-28,33-36,38,48,50-53H,5-7,9,11,16-17,20,22-26H2,1-3H3,(H3,46,47,49)/t27-,28+,33+,34+,35+,36+,38+,45-/m0/s1. The Labute approximate surface area is 339 Å². The van der Waals surface area contributed by atoms with Crippen molar-refractivity contribution in [2.24, 2.45) is 45.2 Å². The van der Waals surface area contributed by atoms with Crippen molar-refractivity contribution in [2.75, 3.05) is 25.5 Å². The van der Waals surface area contributed by atoms with Gasteiger partial charge in [-0.3, -0.25) is 9.79 Å². The molecule has 3 bridgehead atoms. The zero-order valence-corrected chi connectivity index (χ0v) is 34.4. The fraction of sp³-hybridized carbons (Fsp3) is 0.556. The number of fused-ring (bicyclic) bond motifs is 4. The Kier molecular flexibility index (Phi) is 12.2. The van der Waals surface area contributed by atoms with Crippen molar-refractivity contribution in [1.82, 2.24) is 5.32 Å². The maximum absolute atomic E-state index is 15.0. The van der Waals surface area contributed by atoms with Gasteiger partial charge in [-0.25, -0.2) is 0 Å². The van der Waals surface area contributed by atoms with Crippen LogP contribution in [0.3, 0.4) is 0 Å². The number of ketones is 1. The molecule has 9 nitrogen and oxygen atoms in total. The van der Waals surface area contributed by atoms with Gasteiger partial charge in [-0.15, -0.1) is 28.6 Å². The van der Waals surface area contributed by atoms with E-state index in [0.717, 1.165) is 82.0 Å². The highest BCUT2D eigenvalue weighted by atomic mass is 32.1.